The number of hydrogen-bond acceptors (Lipinski definition) is 4. The minimum absolute atomic E-state index is 0.0853. The smallest absolute Gasteiger partial charge is 0.225 e. The third kappa shape index (κ3) is 3.55. The van der Waals surface area contributed by atoms with E-state index in [2.05, 4.69) is 14.9 Å². The van der Waals surface area contributed by atoms with Crippen LogP contribution in [-0.2, 0) is 11.3 Å². The Morgan fingerprint density at radius 2 is 2.00 bits per heavy atom. The number of anilines is 1. The Morgan fingerprint density at radius 1 is 1.19 bits per heavy atom. The Morgan fingerprint density at radius 3 is 2.81 bits per heavy atom. The highest BCUT2D eigenvalue weighted by Gasteiger charge is 2.22. The van der Waals surface area contributed by atoms with Crippen molar-refractivity contribution in [1.29, 1.82) is 0 Å². The highest BCUT2D eigenvalue weighted by atomic mass is 19.1. The van der Waals surface area contributed by atoms with Gasteiger partial charge in [-0.25, -0.2) is 14.4 Å². The van der Waals surface area contributed by atoms with E-state index in [1.807, 2.05) is 6.07 Å². The van der Waals surface area contributed by atoms with Gasteiger partial charge >= 0.3 is 0 Å². The highest BCUT2D eigenvalue weighted by molar-refractivity contribution is 5.29. The van der Waals surface area contributed by atoms with Crippen LogP contribution in [0.3, 0.4) is 0 Å². The first kappa shape index (κ1) is 13.9. The normalized spacial score (nSPS) is 18.7. The molecule has 0 unspecified atom stereocenters. The molecule has 1 atom stereocenters. The summed E-state index contributed by atoms with van der Waals surface area (Å²) in [7, 11) is 0. The van der Waals surface area contributed by atoms with Crippen molar-refractivity contribution in [2.45, 2.75) is 25.6 Å². The molecule has 0 N–H and O–H groups in total. The van der Waals surface area contributed by atoms with E-state index in [0.29, 0.717) is 12.2 Å². The fourth-order valence-electron chi connectivity index (χ4n) is 2.53. The minimum Gasteiger partial charge on any atom is -0.372 e. The van der Waals surface area contributed by atoms with Gasteiger partial charge in [0.1, 0.15) is 5.82 Å². The van der Waals surface area contributed by atoms with E-state index in [1.165, 1.54) is 6.07 Å². The molecule has 2 heterocycles. The van der Waals surface area contributed by atoms with Gasteiger partial charge < -0.3 is 9.64 Å². The molecule has 4 nitrogen and oxygen atoms in total. The number of benzene rings is 1. The van der Waals surface area contributed by atoms with Gasteiger partial charge in [0.05, 0.1) is 12.7 Å². The Bertz CT molecular complexity index is 579. The lowest BCUT2D eigenvalue weighted by Gasteiger charge is -2.32. The number of halogens is 1. The summed E-state index contributed by atoms with van der Waals surface area (Å²) in [5, 5.41) is 0. The van der Waals surface area contributed by atoms with Gasteiger partial charge in [-0.1, -0.05) is 18.2 Å². The zero-order valence-electron chi connectivity index (χ0n) is 11.8. The second-order valence-corrected chi connectivity index (χ2v) is 5.16. The van der Waals surface area contributed by atoms with Crippen LogP contribution in [0.15, 0.2) is 42.7 Å². The summed E-state index contributed by atoms with van der Waals surface area (Å²) < 4.78 is 19.4. The van der Waals surface area contributed by atoms with Gasteiger partial charge in [0, 0.05) is 31.0 Å². The fraction of sp³-hybridized carbons (Fsp3) is 0.375. The van der Waals surface area contributed by atoms with Crippen molar-refractivity contribution in [2.75, 3.05) is 18.0 Å². The van der Waals surface area contributed by atoms with E-state index >= 15 is 0 Å². The van der Waals surface area contributed by atoms with E-state index in [4.69, 9.17) is 4.74 Å². The fourth-order valence-corrected chi connectivity index (χ4v) is 2.53. The molecule has 1 saturated heterocycles. The van der Waals surface area contributed by atoms with Crippen LogP contribution in [0.4, 0.5) is 10.3 Å². The average molecular weight is 287 g/mol. The lowest BCUT2D eigenvalue weighted by atomic mass is 10.1. The molecule has 0 bridgehead atoms. The molecule has 0 spiro atoms. The van der Waals surface area contributed by atoms with E-state index in [-0.39, 0.29) is 11.9 Å². The maximum absolute atomic E-state index is 13.6. The van der Waals surface area contributed by atoms with Crippen molar-refractivity contribution in [1.82, 2.24) is 9.97 Å². The van der Waals surface area contributed by atoms with Gasteiger partial charge in [-0.15, -0.1) is 0 Å². The third-order valence-corrected chi connectivity index (χ3v) is 3.65. The van der Waals surface area contributed by atoms with Crippen LogP contribution >= 0.6 is 0 Å². The van der Waals surface area contributed by atoms with Crippen LogP contribution in [0.2, 0.25) is 0 Å². The molecular weight excluding hydrogens is 269 g/mol. The van der Waals surface area contributed by atoms with Crippen molar-refractivity contribution < 1.29 is 9.13 Å². The standard InChI is InChI=1S/C16H18FN3O/c17-15-7-2-1-5-13(15)12-21-14-6-3-10-20(11-14)16-18-8-4-9-19-16/h1-2,4-5,7-9,14H,3,6,10-12H2/t14-/m0/s1. The van der Waals surface area contributed by atoms with E-state index < -0.39 is 0 Å². The molecular formula is C16H18FN3O. The predicted octanol–water partition coefficient (Wildman–Crippen LogP) is 2.80. The second kappa shape index (κ2) is 6.63. The Kier molecular flexibility index (Phi) is 4.40. The topological polar surface area (TPSA) is 38.2 Å². The van der Waals surface area contributed by atoms with Crippen molar-refractivity contribution in [2.24, 2.45) is 0 Å². The summed E-state index contributed by atoms with van der Waals surface area (Å²) >= 11 is 0. The lowest BCUT2D eigenvalue weighted by molar-refractivity contribution is 0.0299. The summed E-state index contributed by atoms with van der Waals surface area (Å²) in [4.78, 5) is 10.7. The summed E-state index contributed by atoms with van der Waals surface area (Å²) in [5.74, 6) is 0.522. The number of aromatic nitrogens is 2. The Hall–Kier alpha value is -2.01. The lowest BCUT2D eigenvalue weighted by Crippen LogP contribution is -2.40. The van der Waals surface area contributed by atoms with Gasteiger partial charge in [-0.05, 0) is 25.0 Å². The predicted molar refractivity (Wildman–Crippen MR) is 78.5 cm³/mol. The zero-order chi connectivity index (χ0) is 14.5. The maximum Gasteiger partial charge on any atom is 0.225 e. The van der Waals surface area contributed by atoms with Crippen LogP contribution in [0, 0.1) is 5.82 Å². The Balaban J connectivity index is 1.58. The Labute approximate surface area is 123 Å². The van der Waals surface area contributed by atoms with Crippen LogP contribution < -0.4 is 4.90 Å². The molecule has 0 amide bonds. The third-order valence-electron chi connectivity index (χ3n) is 3.65. The summed E-state index contributed by atoms with van der Waals surface area (Å²) in [6, 6.07) is 8.54. The molecule has 5 heteroatoms. The van der Waals surface area contributed by atoms with Crippen molar-refractivity contribution in [3.05, 3.63) is 54.1 Å². The van der Waals surface area contributed by atoms with Gasteiger partial charge in [-0.3, -0.25) is 0 Å². The van der Waals surface area contributed by atoms with Crippen molar-refractivity contribution in [3.63, 3.8) is 0 Å². The molecule has 1 aromatic heterocycles. The number of piperidine rings is 1. The number of hydrogen-bond donors (Lipinski definition) is 0. The molecule has 3 rings (SSSR count). The van der Waals surface area contributed by atoms with Crippen LogP contribution in [0.1, 0.15) is 18.4 Å². The molecule has 0 aliphatic carbocycles. The molecule has 110 valence electrons. The molecule has 2 aromatic rings. The molecule has 0 radical (unpaired) electrons. The highest BCUT2D eigenvalue weighted by Crippen LogP contribution is 2.19. The second-order valence-electron chi connectivity index (χ2n) is 5.16. The first-order valence-electron chi connectivity index (χ1n) is 7.20. The molecule has 1 fully saturated rings. The summed E-state index contributed by atoms with van der Waals surface area (Å²) in [5.41, 5.74) is 0.602. The van der Waals surface area contributed by atoms with Gasteiger partial charge in [-0.2, -0.15) is 0 Å². The van der Waals surface area contributed by atoms with Crippen molar-refractivity contribution in [3.8, 4) is 0 Å². The van der Waals surface area contributed by atoms with Crippen LogP contribution in [0.5, 0.6) is 0 Å². The van der Waals surface area contributed by atoms with Crippen molar-refractivity contribution >= 4 is 5.95 Å². The van der Waals surface area contributed by atoms with E-state index in [1.54, 1.807) is 30.6 Å². The first-order chi connectivity index (χ1) is 10.3. The largest absolute Gasteiger partial charge is 0.372 e. The van der Waals surface area contributed by atoms with Crippen LogP contribution in [-0.4, -0.2) is 29.2 Å². The molecule has 0 saturated carbocycles. The number of ether oxygens (including phenoxy) is 1. The number of nitrogens with zero attached hydrogens (tertiary/aromatic N) is 3. The summed E-state index contributed by atoms with van der Waals surface area (Å²) in [6.45, 7) is 1.99. The maximum atomic E-state index is 13.6. The van der Waals surface area contributed by atoms with E-state index in [0.717, 1.165) is 31.9 Å². The number of rotatable bonds is 4. The molecule has 1 aromatic carbocycles. The van der Waals surface area contributed by atoms with Gasteiger partial charge in [0.15, 0.2) is 0 Å². The SMILES string of the molecule is Fc1ccccc1CO[C@H]1CCCN(c2ncccn2)C1. The average Bonchev–Trinajstić information content (AvgIpc) is 2.55. The minimum atomic E-state index is -0.212. The molecule has 1 aliphatic heterocycles. The van der Waals surface area contributed by atoms with Crippen LogP contribution in [0.25, 0.3) is 0 Å². The first-order valence-corrected chi connectivity index (χ1v) is 7.20. The zero-order valence-corrected chi connectivity index (χ0v) is 11.8. The molecule has 1 aliphatic rings. The van der Waals surface area contributed by atoms with Gasteiger partial charge in [0.25, 0.3) is 0 Å². The molecule has 21 heavy (non-hydrogen) atoms. The van der Waals surface area contributed by atoms with Gasteiger partial charge in [0.2, 0.25) is 5.95 Å². The monoisotopic (exact) mass is 287 g/mol. The quantitative estimate of drug-likeness (QED) is 0.866. The summed E-state index contributed by atoms with van der Waals surface area (Å²) in [6.07, 6.45) is 5.58. The van der Waals surface area contributed by atoms with E-state index in [9.17, 15) is 4.39 Å².